The molecule has 0 aliphatic rings. The van der Waals surface area contributed by atoms with E-state index in [2.05, 4.69) is 37.8 Å². The Hall–Kier alpha value is -1.05. The van der Waals surface area contributed by atoms with Crippen LogP contribution in [-0.2, 0) is 4.79 Å². The molecule has 332 valence electrons. The van der Waals surface area contributed by atoms with Crippen molar-refractivity contribution in [3.63, 3.8) is 0 Å². The maximum atomic E-state index is 13.3. The van der Waals surface area contributed by atoms with E-state index in [1.54, 1.807) is 0 Å². The molecule has 0 aliphatic heterocycles. The summed E-state index contributed by atoms with van der Waals surface area (Å²) in [6, 6.07) is 0. The molecular weight excluding hydrogens is 679 g/mol. The van der Waals surface area contributed by atoms with Gasteiger partial charge in [-0.3, -0.25) is 4.79 Å². The van der Waals surface area contributed by atoms with E-state index in [0.29, 0.717) is 0 Å². The van der Waals surface area contributed by atoms with Gasteiger partial charge in [0.2, 0.25) is 5.91 Å². The van der Waals surface area contributed by atoms with Crippen molar-refractivity contribution in [2.75, 3.05) is 13.1 Å². The lowest BCUT2D eigenvalue weighted by Gasteiger charge is -2.21. The Labute approximate surface area is 355 Å². The molecule has 56 heavy (non-hydrogen) atoms. The Morgan fingerprint density at radius 3 is 0.804 bits per heavy atom. The van der Waals surface area contributed by atoms with E-state index in [1.807, 2.05) is 12.2 Å². The van der Waals surface area contributed by atoms with Gasteiger partial charge in [-0.2, -0.15) is 0 Å². The fraction of sp³-hybridized carbons (Fsp3) is 0.907. The Balaban J connectivity index is 4.20. The summed E-state index contributed by atoms with van der Waals surface area (Å²) in [5.41, 5.74) is 0. The van der Waals surface area contributed by atoms with Gasteiger partial charge in [0, 0.05) is 19.2 Å². The minimum Gasteiger partial charge on any atom is -0.339 e. The molecule has 0 saturated heterocycles. The molecular formula is C54H105NO. The predicted molar refractivity (Wildman–Crippen MR) is 255 cm³/mol. The molecule has 0 atom stereocenters. The van der Waals surface area contributed by atoms with Crippen molar-refractivity contribution in [3.05, 3.63) is 24.3 Å². The van der Waals surface area contributed by atoms with E-state index in [4.69, 9.17) is 0 Å². The van der Waals surface area contributed by atoms with Crippen molar-refractivity contribution < 1.29 is 4.79 Å². The largest absolute Gasteiger partial charge is 0.339 e. The third kappa shape index (κ3) is 45.6. The van der Waals surface area contributed by atoms with E-state index in [1.165, 1.54) is 263 Å². The van der Waals surface area contributed by atoms with Crippen molar-refractivity contribution in [1.29, 1.82) is 0 Å². The molecule has 0 radical (unpaired) electrons. The van der Waals surface area contributed by atoms with E-state index >= 15 is 0 Å². The first kappa shape index (κ1) is 55.0. The highest BCUT2D eigenvalue weighted by molar-refractivity contribution is 5.87. The van der Waals surface area contributed by atoms with Gasteiger partial charge >= 0.3 is 0 Å². The first-order valence-corrected chi connectivity index (χ1v) is 26.4. The predicted octanol–water partition coefficient (Wildman–Crippen LogP) is 19.2. The average molecular weight is 784 g/mol. The summed E-state index contributed by atoms with van der Waals surface area (Å²) in [6.07, 6.45) is 69.2. The summed E-state index contributed by atoms with van der Waals surface area (Å²) < 4.78 is 0. The number of nitrogens with zero attached hydrogens (tertiary/aromatic N) is 1. The maximum absolute atomic E-state index is 13.3. The molecule has 0 fully saturated rings. The van der Waals surface area contributed by atoms with Gasteiger partial charge in [-0.25, -0.2) is 0 Å². The number of allylic oxidation sites excluding steroid dienone is 3. The van der Waals surface area contributed by atoms with Crippen LogP contribution >= 0.6 is 0 Å². The highest BCUT2D eigenvalue weighted by atomic mass is 16.2. The minimum atomic E-state index is 0.228. The monoisotopic (exact) mass is 784 g/mol. The summed E-state index contributed by atoms with van der Waals surface area (Å²) in [6.45, 7) is 8.77. The molecule has 1 amide bonds. The van der Waals surface area contributed by atoms with Gasteiger partial charge < -0.3 is 4.90 Å². The average Bonchev–Trinajstić information content (AvgIpc) is 3.21. The van der Waals surface area contributed by atoms with Crippen LogP contribution in [0.5, 0.6) is 0 Å². The van der Waals surface area contributed by atoms with Crippen LogP contribution in [0.25, 0.3) is 0 Å². The molecule has 0 rings (SSSR count). The summed E-state index contributed by atoms with van der Waals surface area (Å²) in [5.74, 6) is 0.228. The first-order chi connectivity index (χ1) is 27.8. The van der Waals surface area contributed by atoms with Crippen LogP contribution in [0.2, 0.25) is 0 Å². The van der Waals surface area contributed by atoms with Crippen molar-refractivity contribution >= 4 is 5.91 Å². The molecule has 0 N–H and O–H groups in total. The first-order valence-electron chi connectivity index (χ1n) is 26.4. The van der Waals surface area contributed by atoms with Gasteiger partial charge in [-0.15, -0.1) is 0 Å². The lowest BCUT2D eigenvalue weighted by atomic mass is 10.0. The fourth-order valence-corrected chi connectivity index (χ4v) is 8.38. The molecule has 0 unspecified atom stereocenters. The highest BCUT2D eigenvalue weighted by Gasteiger charge is 2.10. The third-order valence-electron chi connectivity index (χ3n) is 12.3. The number of carbonyl (C=O) groups excluding carboxylic acids is 1. The lowest BCUT2D eigenvalue weighted by Crippen LogP contribution is -2.31. The van der Waals surface area contributed by atoms with Gasteiger partial charge in [-0.1, -0.05) is 296 Å². The zero-order valence-corrected chi connectivity index (χ0v) is 39.2. The Morgan fingerprint density at radius 1 is 0.304 bits per heavy atom. The van der Waals surface area contributed by atoms with Gasteiger partial charge in [0.25, 0.3) is 0 Å². The minimum absolute atomic E-state index is 0.228. The second-order valence-corrected chi connectivity index (χ2v) is 18.0. The van der Waals surface area contributed by atoms with Crippen molar-refractivity contribution in [1.82, 2.24) is 4.90 Å². The zero-order chi connectivity index (χ0) is 40.5. The molecule has 0 aromatic heterocycles. The molecule has 0 aromatic rings. The summed E-state index contributed by atoms with van der Waals surface area (Å²) in [4.78, 5) is 15.4. The van der Waals surface area contributed by atoms with E-state index in [9.17, 15) is 4.79 Å². The van der Waals surface area contributed by atoms with E-state index < -0.39 is 0 Å². The third-order valence-corrected chi connectivity index (χ3v) is 12.3. The molecule has 2 nitrogen and oxygen atoms in total. The Morgan fingerprint density at radius 2 is 0.536 bits per heavy atom. The van der Waals surface area contributed by atoms with E-state index in [0.717, 1.165) is 32.4 Å². The molecule has 2 heteroatoms. The second-order valence-electron chi connectivity index (χ2n) is 18.0. The highest BCUT2D eigenvalue weighted by Crippen LogP contribution is 2.17. The fourth-order valence-electron chi connectivity index (χ4n) is 8.38. The maximum Gasteiger partial charge on any atom is 0.246 e. The smallest absolute Gasteiger partial charge is 0.246 e. The summed E-state index contributed by atoms with van der Waals surface area (Å²) in [5, 5.41) is 0. The molecule has 0 aliphatic carbocycles. The number of rotatable bonds is 48. The van der Waals surface area contributed by atoms with Crippen molar-refractivity contribution in [2.24, 2.45) is 0 Å². The van der Waals surface area contributed by atoms with E-state index in [-0.39, 0.29) is 5.91 Å². The van der Waals surface area contributed by atoms with Crippen LogP contribution in [-0.4, -0.2) is 23.9 Å². The van der Waals surface area contributed by atoms with Gasteiger partial charge in [0.05, 0.1) is 0 Å². The summed E-state index contributed by atoms with van der Waals surface area (Å²) >= 11 is 0. The van der Waals surface area contributed by atoms with Crippen LogP contribution < -0.4 is 0 Å². The molecule has 0 saturated carbocycles. The Kier molecular flexibility index (Phi) is 49.2. The number of hydrogen-bond acceptors (Lipinski definition) is 1. The Bertz CT molecular complexity index is 749. The number of hydrogen-bond donors (Lipinski definition) is 0. The van der Waals surface area contributed by atoms with Crippen molar-refractivity contribution in [3.8, 4) is 0 Å². The molecule has 0 bridgehead atoms. The molecule has 0 aromatic carbocycles. The van der Waals surface area contributed by atoms with Crippen LogP contribution in [0.3, 0.4) is 0 Å². The molecule has 0 spiro atoms. The normalized spacial score (nSPS) is 11.8. The van der Waals surface area contributed by atoms with Crippen LogP contribution in [0, 0.1) is 0 Å². The van der Waals surface area contributed by atoms with Crippen LogP contribution in [0.1, 0.15) is 303 Å². The number of amides is 1. The standard InChI is InChI=1S/C54H105NO/c1-4-7-10-13-16-19-22-25-28-31-34-37-40-43-46-49-52-55(53-50-47-44-41-38-35-32-29-26-23-20-17-14-11-8-5-2)54(56)51-48-45-42-39-36-33-30-27-24-21-18-15-12-9-6-3/h42,45,48,51H,4-41,43-44,46-47,49-50,52-53H2,1-3H3. The topological polar surface area (TPSA) is 20.3 Å². The number of carbonyl (C=O) groups is 1. The number of unbranched alkanes of at least 4 members (excludes halogenated alkanes) is 41. The van der Waals surface area contributed by atoms with Gasteiger partial charge in [0.15, 0.2) is 0 Å². The molecule has 0 heterocycles. The van der Waals surface area contributed by atoms with Crippen LogP contribution in [0.4, 0.5) is 0 Å². The van der Waals surface area contributed by atoms with Crippen molar-refractivity contribution in [2.45, 2.75) is 303 Å². The van der Waals surface area contributed by atoms with Gasteiger partial charge in [-0.05, 0) is 25.7 Å². The van der Waals surface area contributed by atoms with Crippen LogP contribution in [0.15, 0.2) is 24.3 Å². The summed E-state index contributed by atoms with van der Waals surface area (Å²) in [7, 11) is 0. The zero-order valence-electron chi connectivity index (χ0n) is 39.2. The lowest BCUT2D eigenvalue weighted by molar-refractivity contribution is -0.126. The quantitative estimate of drug-likeness (QED) is 0.0342. The van der Waals surface area contributed by atoms with Gasteiger partial charge in [0.1, 0.15) is 0 Å². The SMILES string of the molecule is CCCCCCCCCCCCCC=CC=CC(=O)N(CCCCCCCCCCCCCCCCCC)CCCCCCCCCCCCCCCCCC. The second kappa shape index (κ2) is 50.1.